The zero-order valence-corrected chi connectivity index (χ0v) is 16.2. The second-order valence-electron chi connectivity index (χ2n) is 6.91. The normalized spacial score (nSPS) is 15.4. The van der Waals surface area contributed by atoms with Crippen LogP contribution >= 0.6 is 0 Å². The molecular formula is C21H25N3O5. The number of para-hydroxylation sites is 1. The molecule has 0 bridgehead atoms. The Balaban J connectivity index is 1.70. The summed E-state index contributed by atoms with van der Waals surface area (Å²) in [5.41, 5.74) is 1.90. The first-order chi connectivity index (χ1) is 14.0. The van der Waals surface area contributed by atoms with Gasteiger partial charge in [0.15, 0.2) is 0 Å². The predicted molar refractivity (Wildman–Crippen MR) is 109 cm³/mol. The summed E-state index contributed by atoms with van der Waals surface area (Å²) in [6, 6.07) is 13.4. The van der Waals surface area contributed by atoms with Crippen molar-refractivity contribution in [3.8, 4) is 5.75 Å². The maximum Gasteiger partial charge on any atom is 0.255 e. The van der Waals surface area contributed by atoms with Crippen molar-refractivity contribution in [1.82, 2.24) is 5.32 Å². The van der Waals surface area contributed by atoms with Gasteiger partial charge in [-0.2, -0.15) is 0 Å². The molecule has 8 nitrogen and oxygen atoms in total. The first-order valence-corrected chi connectivity index (χ1v) is 9.39. The molecule has 1 aliphatic heterocycles. The number of nitrogens with zero attached hydrogens (tertiary/aromatic N) is 1. The average molecular weight is 399 g/mol. The van der Waals surface area contributed by atoms with Gasteiger partial charge in [-0.1, -0.05) is 18.2 Å². The van der Waals surface area contributed by atoms with Crippen LogP contribution in [0.2, 0.25) is 0 Å². The van der Waals surface area contributed by atoms with E-state index in [1.807, 2.05) is 42.3 Å². The Bertz CT molecular complexity index is 855. The fraction of sp³-hybridized carbons (Fsp3) is 0.333. The summed E-state index contributed by atoms with van der Waals surface area (Å²) in [6.45, 7) is -0.348. The van der Waals surface area contributed by atoms with Gasteiger partial charge in [0.1, 0.15) is 12.4 Å². The molecule has 0 radical (unpaired) electrons. The van der Waals surface area contributed by atoms with Crippen molar-refractivity contribution in [2.45, 2.75) is 18.5 Å². The molecule has 154 valence electrons. The molecule has 0 fully saturated rings. The number of benzene rings is 2. The summed E-state index contributed by atoms with van der Waals surface area (Å²) in [7, 11) is 1.84. The highest BCUT2D eigenvalue weighted by Crippen LogP contribution is 2.34. The Labute approximate surface area is 169 Å². The van der Waals surface area contributed by atoms with Crippen LogP contribution in [-0.4, -0.2) is 61.0 Å². The average Bonchev–Trinajstić information content (AvgIpc) is 2.74. The van der Waals surface area contributed by atoms with E-state index in [4.69, 9.17) is 14.9 Å². The lowest BCUT2D eigenvalue weighted by Crippen LogP contribution is -2.47. The highest BCUT2D eigenvalue weighted by Gasteiger charge is 2.28. The SMILES string of the molecule is CN1c2cc(C(=O)Nc3ccccc3)ccc2OCC1CC(=O)NC(CO)CO. The standard InChI is InChI=1S/C21H25N3O5/c1-24-17(10-20(27)22-16(11-25)12-26)13-29-19-8-7-14(9-18(19)24)21(28)23-15-5-3-2-4-6-15/h2-9,16-17,25-26H,10-13H2,1H3,(H,22,27)(H,23,28). The van der Waals surface area contributed by atoms with Crippen LogP contribution < -0.4 is 20.3 Å². The van der Waals surface area contributed by atoms with Gasteiger partial charge in [0, 0.05) is 18.3 Å². The number of anilines is 2. The van der Waals surface area contributed by atoms with Crippen LogP contribution in [0.5, 0.6) is 5.75 Å². The van der Waals surface area contributed by atoms with Gasteiger partial charge in [-0.25, -0.2) is 0 Å². The van der Waals surface area contributed by atoms with Gasteiger partial charge in [0.2, 0.25) is 5.91 Å². The molecule has 3 rings (SSSR count). The molecule has 2 amide bonds. The predicted octanol–water partition coefficient (Wildman–Crippen LogP) is 0.996. The lowest BCUT2D eigenvalue weighted by atomic mass is 10.1. The Hall–Kier alpha value is -3.10. The van der Waals surface area contributed by atoms with Crippen molar-refractivity contribution in [3.63, 3.8) is 0 Å². The van der Waals surface area contributed by atoms with Crippen molar-refractivity contribution in [2.24, 2.45) is 0 Å². The van der Waals surface area contributed by atoms with E-state index >= 15 is 0 Å². The van der Waals surface area contributed by atoms with Crippen LogP contribution in [-0.2, 0) is 4.79 Å². The van der Waals surface area contributed by atoms with E-state index in [0.717, 1.165) is 5.69 Å². The number of hydrogen-bond donors (Lipinski definition) is 4. The summed E-state index contributed by atoms with van der Waals surface area (Å²) < 4.78 is 5.77. The zero-order valence-electron chi connectivity index (χ0n) is 16.2. The lowest BCUT2D eigenvalue weighted by Gasteiger charge is -2.36. The molecular weight excluding hydrogens is 374 g/mol. The molecule has 0 saturated heterocycles. The van der Waals surface area contributed by atoms with Crippen LogP contribution in [0, 0.1) is 0 Å². The highest BCUT2D eigenvalue weighted by atomic mass is 16.5. The molecule has 1 aliphatic rings. The molecule has 0 aliphatic carbocycles. The minimum absolute atomic E-state index is 0.132. The molecule has 29 heavy (non-hydrogen) atoms. The van der Waals surface area contributed by atoms with Crippen LogP contribution in [0.15, 0.2) is 48.5 Å². The number of amides is 2. The molecule has 4 N–H and O–H groups in total. The van der Waals surface area contributed by atoms with Crippen LogP contribution in [0.25, 0.3) is 0 Å². The number of carbonyl (C=O) groups excluding carboxylic acids is 2. The second-order valence-corrected chi connectivity index (χ2v) is 6.91. The van der Waals surface area contributed by atoms with Crippen LogP contribution in [0.3, 0.4) is 0 Å². The topological polar surface area (TPSA) is 111 Å². The third-order valence-corrected chi connectivity index (χ3v) is 4.84. The zero-order chi connectivity index (χ0) is 20.8. The first kappa shape index (κ1) is 20.6. The Morgan fingerprint density at radius 3 is 2.59 bits per heavy atom. The Kier molecular flexibility index (Phi) is 6.69. The van der Waals surface area contributed by atoms with Crippen LogP contribution in [0.1, 0.15) is 16.8 Å². The smallest absolute Gasteiger partial charge is 0.255 e. The number of fused-ring (bicyclic) bond motifs is 1. The molecule has 8 heteroatoms. The molecule has 1 unspecified atom stereocenters. The van der Waals surface area contributed by atoms with E-state index in [-0.39, 0.29) is 37.5 Å². The number of aliphatic hydroxyl groups is 2. The van der Waals surface area contributed by atoms with Gasteiger partial charge in [0.25, 0.3) is 5.91 Å². The number of nitrogens with one attached hydrogen (secondary N) is 2. The van der Waals surface area contributed by atoms with E-state index in [0.29, 0.717) is 23.6 Å². The van der Waals surface area contributed by atoms with Gasteiger partial charge in [-0.3, -0.25) is 9.59 Å². The van der Waals surface area contributed by atoms with Crippen molar-refractivity contribution in [1.29, 1.82) is 0 Å². The van der Waals surface area contributed by atoms with E-state index in [1.165, 1.54) is 0 Å². The molecule has 0 spiro atoms. The number of carbonyl (C=O) groups is 2. The number of aliphatic hydroxyl groups excluding tert-OH is 2. The maximum absolute atomic E-state index is 12.6. The van der Waals surface area contributed by atoms with Gasteiger partial charge in [-0.15, -0.1) is 0 Å². The van der Waals surface area contributed by atoms with Gasteiger partial charge in [0.05, 0.1) is 37.4 Å². The monoisotopic (exact) mass is 399 g/mol. The van der Waals surface area contributed by atoms with Crippen molar-refractivity contribution in [2.75, 3.05) is 37.1 Å². The minimum Gasteiger partial charge on any atom is -0.489 e. The summed E-state index contributed by atoms with van der Waals surface area (Å²) >= 11 is 0. The quantitative estimate of drug-likeness (QED) is 0.553. The third kappa shape index (κ3) is 5.04. The summed E-state index contributed by atoms with van der Waals surface area (Å²) in [6.07, 6.45) is 0.132. The number of hydrogen-bond acceptors (Lipinski definition) is 6. The van der Waals surface area contributed by atoms with Gasteiger partial charge >= 0.3 is 0 Å². The molecule has 2 aromatic rings. The number of ether oxygens (including phenoxy) is 1. The molecule has 0 aromatic heterocycles. The highest BCUT2D eigenvalue weighted by molar-refractivity contribution is 6.05. The van der Waals surface area contributed by atoms with Crippen LogP contribution in [0.4, 0.5) is 11.4 Å². The number of rotatable bonds is 7. The van der Waals surface area contributed by atoms with Gasteiger partial charge in [-0.05, 0) is 30.3 Å². The molecule has 1 atom stereocenters. The van der Waals surface area contributed by atoms with Crippen molar-refractivity contribution >= 4 is 23.2 Å². The Morgan fingerprint density at radius 2 is 1.90 bits per heavy atom. The fourth-order valence-electron chi connectivity index (χ4n) is 3.12. The van der Waals surface area contributed by atoms with Crippen molar-refractivity contribution in [3.05, 3.63) is 54.1 Å². The van der Waals surface area contributed by atoms with E-state index in [1.54, 1.807) is 18.2 Å². The van der Waals surface area contributed by atoms with Gasteiger partial charge < -0.3 is 30.5 Å². The first-order valence-electron chi connectivity index (χ1n) is 9.39. The minimum atomic E-state index is -0.683. The maximum atomic E-state index is 12.6. The Morgan fingerprint density at radius 1 is 1.17 bits per heavy atom. The van der Waals surface area contributed by atoms with Crippen molar-refractivity contribution < 1.29 is 24.5 Å². The molecule has 2 aromatic carbocycles. The third-order valence-electron chi connectivity index (χ3n) is 4.84. The molecule has 1 heterocycles. The van der Waals surface area contributed by atoms with E-state index in [2.05, 4.69) is 10.6 Å². The summed E-state index contributed by atoms with van der Waals surface area (Å²) in [4.78, 5) is 26.7. The summed E-state index contributed by atoms with van der Waals surface area (Å²) in [5, 5.41) is 23.6. The largest absolute Gasteiger partial charge is 0.489 e. The second kappa shape index (κ2) is 9.40. The fourth-order valence-corrected chi connectivity index (χ4v) is 3.12. The molecule has 0 saturated carbocycles. The van der Waals surface area contributed by atoms with E-state index in [9.17, 15) is 9.59 Å². The van der Waals surface area contributed by atoms with E-state index < -0.39 is 6.04 Å². The number of likely N-dealkylation sites (N-methyl/N-ethyl adjacent to an activating group) is 1. The summed E-state index contributed by atoms with van der Waals surface area (Å²) in [5.74, 6) is 0.116. The lowest BCUT2D eigenvalue weighted by molar-refractivity contribution is -0.123.